The molecular weight excluding hydrogens is 228 g/mol. The first-order valence-electron chi connectivity index (χ1n) is 6.62. The summed E-state index contributed by atoms with van der Waals surface area (Å²) in [6.45, 7) is 16.4. The maximum Gasteiger partial charge on any atom is 0.192 e. The fraction of sp³-hybridized carbons (Fsp3) is 0.857. The molecule has 0 aromatic heterocycles. The van der Waals surface area contributed by atoms with Crippen molar-refractivity contribution in [1.82, 2.24) is 0 Å². The van der Waals surface area contributed by atoms with Crippen LogP contribution in [0.3, 0.4) is 0 Å². The average Bonchev–Trinajstić information content (AvgIpc) is 2.83. The number of hydrogen-bond donors (Lipinski definition) is 0. The van der Waals surface area contributed by atoms with Crippen molar-refractivity contribution in [1.29, 1.82) is 0 Å². The van der Waals surface area contributed by atoms with E-state index in [2.05, 4.69) is 59.9 Å². The number of rotatable bonds is 5. The van der Waals surface area contributed by atoms with Crippen molar-refractivity contribution in [3.63, 3.8) is 0 Å². The monoisotopic (exact) mass is 256 g/mol. The summed E-state index contributed by atoms with van der Waals surface area (Å²) in [5.41, 5.74) is -0.0223. The maximum absolute atomic E-state index is 6.08. The number of hydrogen-bond acceptors (Lipinski definition) is 2. The molecule has 0 aliphatic carbocycles. The first-order valence-corrected chi connectivity index (χ1v) is 9.53. The summed E-state index contributed by atoms with van der Waals surface area (Å²) in [5.74, 6) is 0. The highest BCUT2D eigenvalue weighted by molar-refractivity contribution is 6.74. The quantitative estimate of drug-likeness (QED) is 0.419. The van der Waals surface area contributed by atoms with Gasteiger partial charge in [0.1, 0.15) is 5.60 Å². The van der Waals surface area contributed by atoms with Gasteiger partial charge < -0.3 is 9.16 Å². The molecule has 0 aromatic rings. The second-order valence-corrected chi connectivity index (χ2v) is 11.5. The Morgan fingerprint density at radius 1 is 1.35 bits per heavy atom. The molecule has 0 saturated carbocycles. The van der Waals surface area contributed by atoms with Crippen molar-refractivity contribution < 1.29 is 9.16 Å². The topological polar surface area (TPSA) is 21.8 Å². The predicted octanol–water partition coefficient (Wildman–Crippen LogP) is 4.13. The van der Waals surface area contributed by atoms with Crippen LogP contribution >= 0.6 is 0 Å². The molecule has 2 nitrogen and oxygen atoms in total. The van der Waals surface area contributed by atoms with E-state index in [4.69, 9.17) is 9.16 Å². The largest absolute Gasteiger partial charge is 0.413 e. The normalized spacial score (nSPS) is 29.9. The number of epoxide rings is 1. The van der Waals surface area contributed by atoms with Crippen LogP contribution in [0.1, 0.15) is 41.0 Å². The molecule has 0 spiro atoms. The van der Waals surface area contributed by atoms with Crippen LogP contribution in [0.2, 0.25) is 18.1 Å². The highest BCUT2D eigenvalue weighted by atomic mass is 28.4. The third kappa shape index (κ3) is 3.67. The second kappa shape index (κ2) is 4.86. The molecular formula is C14H28O2Si. The lowest BCUT2D eigenvalue weighted by Gasteiger charge is -2.35. The maximum atomic E-state index is 6.08. The first kappa shape index (κ1) is 14.9. The molecule has 0 unspecified atom stereocenters. The smallest absolute Gasteiger partial charge is 0.192 e. The van der Waals surface area contributed by atoms with Crippen LogP contribution < -0.4 is 0 Å². The Bertz CT molecular complexity index is 291. The van der Waals surface area contributed by atoms with E-state index < -0.39 is 8.32 Å². The lowest BCUT2D eigenvalue weighted by atomic mass is 10.1. The summed E-state index contributed by atoms with van der Waals surface area (Å²) in [4.78, 5) is 0. The van der Waals surface area contributed by atoms with Gasteiger partial charge >= 0.3 is 0 Å². The van der Waals surface area contributed by atoms with E-state index >= 15 is 0 Å². The summed E-state index contributed by atoms with van der Waals surface area (Å²) < 4.78 is 11.7. The zero-order valence-electron chi connectivity index (χ0n) is 12.5. The van der Waals surface area contributed by atoms with E-state index in [0.717, 1.165) is 6.42 Å². The predicted molar refractivity (Wildman–Crippen MR) is 75.9 cm³/mol. The van der Waals surface area contributed by atoms with Crippen LogP contribution in [0.5, 0.6) is 0 Å². The van der Waals surface area contributed by atoms with Gasteiger partial charge in [0.25, 0.3) is 0 Å². The molecule has 2 atom stereocenters. The van der Waals surface area contributed by atoms with Gasteiger partial charge in [0.15, 0.2) is 8.32 Å². The standard InChI is InChI=1S/C14H28O2Si/c1-8-12-14(5,16-12)10-9-11-15-17(6,7)13(2,3)4/h9-10,12H,8,11H2,1-7H3/b10-9+/t12-,14-/m1/s1. The highest BCUT2D eigenvalue weighted by Gasteiger charge is 2.48. The molecule has 17 heavy (non-hydrogen) atoms. The molecule has 1 heterocycles. The van der Waals surface area contributed by atoms with Gasteiger partial charge in [0.2, 0.25) is 0 Å². The van der Waals surface area contributed by atoms with E-state index in [-0.39, 0.29) is 10.6 Å². The van der Waals surface area contributed by atoms with E-state index in [0.29, 0.717) is 12.7 Å². The molecule has 0 bridgehead atoms. The zero-order valence-corrected chi connectivity index (χ0v) is 13.5. The van der Waals surface area contributed by atoms with Crippen LogP contribution in [0.15, 0.2) is 12.2 Å². The molecule has 0 N–H and O–H groups in total. The van der Waals surface area contributed by atoms with Crippen molar-refractivity contribution >= 4 is 8.32 Å². The van der Waals surface area contributed by atoms with Gasteiger partial charge in [-0.1, -0.05) is 39.8 Å². The minimum atomic E-state index is -1.60. The molecule has 0 aromatic carbocycles. The fourth-order valence-corrected chi connectivity index (χ4v) is 2.61. The van der Waals surface area contributed by atoms with Crippen molar-refractivity contribution in [2.24, 2.45) is 0 Å². The van der Waals surface area contributed by atoms with E-state index in [9.17, 15) is 0 Å². The van der Waals surface area contributed by atoms with Crippen LogP contribution in [0, 0.1) is 0 Å². The van der Waals surface area contributed by atoms with Gasteiger partial charge in [-0.3, -0.25) is 0 Å². The molecule has 0 radical (unpaired) electrons. The average molecular weight is 256 g/mol. The third-order valence-corrected chi connectivity index (χ3v) is 8.65. The van der Waals surface area contributed by atoms with Gasteiger partial charge in [-0.2, -0.15) is 0 Å². The Kier molecular flexibility index (Phi) is 4.27. The Morgan fingerprint density at radius 2 is 1.94 bits per heavy atom. The lowest BCUT2D eigenvalue weighted by Crippen LogP contribution is -2.40. The summed E-state index contributed by atoms with van der Waals surface area (Å²) in [6, 6.07) is 0. The minimum absolute atomic E-state index is 0.0223. The molecule has 0 amide bonds. The van der Waals surface area contributed by atoms with Gasteiger partial charge in [-0.05, 0) is 31.5 Å². The SMILES string of the molecule is CC[C@H]1O[C@]1(C)/C=C/CO[Si](C)(C)C(C)(C)C. The van der Waals surface area contributed by atoms with E-state index in [1.807, 2.05) is 0 Å². The zero-order chi connectivity index (χ0) is 13.3. The third-order valence-electron chi connectivity index (χ3n) is 4.14. The van der Waals surface area contributed by atoms with Gasteiger partial charge in [0.05, 0.1) is 12.7 Å². The van der Waals surface area contributed by atoms with Gasteiger partial charge in [-0.25, -0.2) is 0 Å². The van der Waals surface area contributed by atoms with Crippen LogP contribution in [0.4, 0.5) is 0 Å². The molecule has 1 saturated heterocycles. The summed E-state index contributed by atoms with van der Waals surface area (Å²) >= 11 is 0. The summed E-state index contributed by atoms with van der Waals surface area (Å²) in [6.07, 6.45) is 5.78. The lowest BCUT2D eigenvalue weighted by molar-refractivity contribution is 0.322. The molecule has 1 aliphatic rings. The Morgan fingerprint density at radius 3 is 2.35 bits per heavy atom. The van der Waals surface area contributed by atoms with E-state index in [1.165, 1.54) is 0 Å². The van der Waals surface area contributed by atoms with Crippen LogP contribution in [-0.4, -0.2) is 26.6 Å². The van der Waals surface area contributed by atoms with Crippen molar-refractivity contribution in [3.05, 3.63) is 12.2 Å². The van der Waals surface area contributed by atoms with Crippen LogP contribution in [0.25, 0.3) is 0 Å². The first-order chi connectivity index (χ1) is 7.62. The molecule has 1 rings (SSSR count). The van der Waals surface area contributed by atoms with Gasteiger partial charge in [-0.15, -0.1) is 0 Å². The second-order valence-electron chi connectivity index (χ2n) is 6.67. The summed E-state index contributed by atoms with van der Waals surface area (Å²) in [7, 11) is -1.60. The Hall–Kier alpha value is -0.123. The minimum Gasteiger partial charge on any atom is -0.413 e. The van der Waals surface area contributed by atoms with E-state index in [1.54, 1.807) is 0 Å². The molecule has 3 heteroatoms. The summed E-state index contributed by atoms with van der Waals surface area (Å²) in [5, 5.41) is 0.285. The van der Waals surface area contributed by atoms with Crippen LogP contribution in [-0.2, 0) is 9.16 Å². The Balaban J connectivity index is 2.36. The van der Waals surface area contributed by atoms with Gasteiger partial charge in [0, 0.05) is 0 Å². The van der Waals surface area contributed by atoms with Crippen molar-refractivity contribution in [2.75, 3.05) is 6.61 Å². The van der Waals surface area contributed by atoms with Crippen molar-refractivity contribution in [2.45, 2.75) is 70.9 Å². The Labute approximate surface area is 108 Å². The fourth-order valence-electron chi connectivity index (χ4n) is 1.66. The highest BCUT2D eigenvalue weighted by Crippen LogP contribution is 2.40. The molecule has 1 fully saturated rings. The van der Waals surface area contributed by atoms with Crippen molar-refractivity contribution in [3.8, 4) is 0 Å². The molecule has 1 aliphatic heterocycles. The molecule has 100 valence electrons. The number of ether oxygens (including phenoxy) is 1.